The van der Waals surface area contributed by atoms with Gasteiger partial charge in [-0.2, -0.15) is 5.26 Å². The van der Waals surface area contributed by atoms with E-state index in [0.717, 1.165) is 27.9 Å². The molecule has 1 N–H and O–H groups in total. The van der Waals surface area contributed by atoms with Gasteiger partial charge < -0.3 is 4.98 Å². The lowest BCUT2D eigenvalue weighted by Crippen LogP contribution is -2.29. The first-order valence-corrected chi connectivity index (χ1v) is 10.5. The van der Waals surface area contributed by atoms with Crippen LogP contribution in [0.2, 0.25) is 10.0 Å². The number of aliphatic imine (C=N–C) groups is 1. The van der Waals surface area contributed by atoms with Crippen molar-refractivity contribution in [2.24, 2.45) is 4.99 Å². The Hall–Kier alpha value is -3.39. The number of para-hydroxylation sites is 1. The third-order valence-electron chi connectivity index (χ3n) is 5.52. The molecule has 2 aromatic heterocycles. The molecule has 0 aliphatic carbocycles. The van der Waals surface area contributed by atoms with Crippen LogP contribution < -0.4 is 0 Å². The zero-order chi connectivity index (χ0) is 21.4. The number of rotatable bonds is 3. The van der Waals surface area contributed by atoms with Crippen LogP contribution in [-0.2, 0) is 5.41 Å². The first kappa shape index (κ1) is 19.6. The van der Waals surface area contributed by atoms with Gasteiger partial charge in [-0.05, 0) is 42.0 Å². The first-order chi connectivity index (χ1) is 15.1. The van der Waals surface area contributed by atoms with Gasteiger partial charge in [-0.15, -0.1) is 0 Å². The van der Waals surface area contributed by atoms with E-state index in [-0.39, 0.29) is 0 Å². The van der Waals surface area contributed by atoms with Gasteiger partial charge in [0, 0.05) is 45.3 Å². The molecular weight excluding hydrogens is 427 g/mol. The van der Waals surface area contributed by atoms with E-state index in [1.807, 2.05) is 60.8 Å². The Kier molecular flexibility index (Phi) is 4.86. The molecule has 6 heteroatoms. The van der Waals surface area contributed by atoms with Crippen LogP contribution in [0, 0.1) is 11.3 Å². The predicted molar refractivity (Wildman–Crippen MR) is 125 cm³/mol. The molecule has 0 amide bonds. The highest BCUT2D eigenvalue weighted by Gasteiger charge is 2.38. The average Bonchev–Trinajstić information content (AvgIpc) is 3.23. The number of hydrogen-bond donors (Lipinski definition) is 1. The molecule has 0 saturated carbocycles. The van der Waals surface area contributed by atoms with Crippen LogP contribution in [0.1, 0.15) is 23.2 Å². The molecule has 0 spiro atoms. The van der Waals surface area contributed by atoms with Crippen LogP contribution in [0.25, 0.3) is 16.6 Å². The van der Waals surface area contributed by atoms with Crippen molar-refractivity contribution in [3.05, 3.63) is 106 Å². The molecule has 0 fully saturated rings. The molecule has 1 aliphatic rings. The number of nitriles is 1. The van der Waals surface area contributed by atoms with Crippen molar-refractivity contribution in [1.82, 2.24) is 9.97 Å². The van der Waals surface area contributed by atoms with Crippen molar-refractivity contribution in [1.29, 1.82) is 5.26 Å². The highest BCUT2D eigenvalue weighted by molar-refractivity contribution is 6.35. The molecule has 2 aromatic carbocycles. The van der Waals surface area contributed by atoms with Crippen LogP contribution in [-0.4, -0.2) is 15.7 Å². The molecule has 4 aromatic rings. The van der Waals surface area contributed by atoms with E-state index in [2.05, 4.69) is 16.0 Å². The number of aromatic nitrogens is 2. The minimum absolute atomic E-state index is 0.355. The maximum atomic E-state index is 10.4. The van der Waals surface area contributed by atoms with Crippen LogP contribution >= 0.6 is 23.2 Å². The largest absolute Gasteiger partial charge is 0.360 e. The van der Waals surface area contributed by atoms with Crippen LogP contribution in [0.4, 0.5) is 0 Å². The number of halogens is 2. The molecule has 0 radical (unpaired) electrons. The summed E-state index contributed by atoms with van der Waals surface area (Å²) in [6, 6.07) is 21.5. The number of hydrogen-bond acceptors (Lipinski definition) is 3. The Labute approximate surface area is 189 Å². The Morgan fingerprint density at radius 1 is 1.03 bits per heavy atom. The van der Waals surface area contributed by atoms with Crippen LogP contribution in [0.5, 0.6) is 0 Å². The quantitative estimate of drug-likeness (QED) is 0.390. The molecule has 3 heterocycles. The number of pyridine rings is 1. The summed E-state index contributed by atoms with van der Waals surface area (Å²) in [7, 11) is 0. The zero-order valence-electron chi connectivity index (χ0n) is 16.3. The van der Waals surface area contributed by atoms with Gasteiger partial charge in [-0.25, -0.2) is 0 Å². The van der Waals surface area contributed by atoms with Crippen molar-refractivity contribution >= 4 is 45.5 Å². The number of aromatic amines is 1. The molecule has 5 rings (SSSR count). The number of allylic oxidation sites excluding steroid dienone is 1. The van der Waals surface area contributed by atoms with Crippen molar-refractivity contribution in [2.75, 3.05) is 0 Å². The van der Waals surface area contributed by atoms with E-state index in [0.29, 0.717) is 27.7 Å². The maximum Gasteiger partial charge on any atom is 0.110 e. The van der Waals surface area contributed by atoms with E-state index in [1.54, 1.807) is 18.3 Å². The predicted octanol–water partition coefficient (Wildman–Crippen LogP) is 6.57. The van der Waals surface area contributed by atoms with Crippen LogP contribution in [0.15, 0.2) is 84.1 Å². The summed E-state index contributed by atoms with van der Waals surface area (Å²) >= 11 is 12.7. The summed E-state index contributed by atoms with van der Waals surface area (Å²) in [6.07, 6.45) is 5.91. The smallest absolute Gasteiger partial charge is 0.110 e. The number of nitrogens with zero attached hydrogens (tertiary/aromatic N) is 3. The highest BCUT2D eigenvalue weighted by Crippen LogP contribution is 2.42. The normalized spacial score (nSPS) is 18.4. The molecular formula is C25H16Cl2N4. The summed E-state index contributed by atoms with van der Waals surface area (Å²) in [5, 5.41) is 12.4. The molecule has 0 saturated heterocycles. The first-order valence-electron chi connectivity index (χ1n) is 9.75. The van der Waals surface area contributed by atoms with Crippen molar-refractivity contribution < 1.29 is 0 Å². The standard InChI is InChI=1S/C25H16Cl2N4/c26-16-8-9-19(20(27)11-16)25(15-28)12-23(18-14-30-21-6-2-1-5-17(18)21)31-24(13-25)22-7-3-4-10-29-22/h1-12,14,30H,13H2. The fraction of sp³-hybridized carbons (Fsp3) is 0.0800. The summed E-state index contributed by atoms with van der Waals surface area (Å²) in [5.41, 5.74) is 3.79. The molecule has 1 aliphatic heterocycles. The van der Waals surface area contributed by atoms with Crippen LogP contribution in [0.3, 0.4) is 0 Å². The SMILES string of the molecule is N#CC1(c2ccc(Cl)cc2Cl)C=C(c2c[nH]c3ccccc23)N=C(c2ccccn2)C1. The van der Waals surface area contributed by atoms with E-state index in [9.17, 15) is 5.26 Å². The monoisotopic (exact) mass is 442 g/mol. The lowest BCUT2D eigenvalue weighted by Gasteiger charge is -2.29. The third-order valence-corrected chi connectivity index (χ3v) is 6.07. The van der Waals surface area contributed by atoms with Crippen molar-refractivity contribution in [3.8, 4) is 6.07 Å². The van der Waals surface area contributed by atoms with E-state index < -0.39 is 5.41 Å². The van der Waals surface area contributed by atoms with Crippen molar-refractivity contribution in [2.45, 2.75) is 11.8 Å². The van der Waals surface area contributed by atoms with Gasteiger partial charge >= 0.3 is 0 Å². The number of nitrogens with one attached hydrogen (secondary N) is 1. The molecule has 150 valence electrons. The molecule has 0 bridgehead atoms. The highest BCUT2D eigenvalue weighted by atomic mass is 35.5. The molecule has 4 nitrogen and oxygen atoms in total. The van der Waals surface area contributed by atoms with Crippen molar-refractivity contribution in [3.63, 3.8) is 0 Å². The summed E-state index contributed by atoms with van der Waals surface area (Å²) in [4.78, 5) is 12.7. The minimum atomic E-state index is -1.01. The Morgan fingerprint density at radius 3 is 2.65 bits per heavy atom. The second-order valence-corrected chi connectivity index (χ2v) is 8.28. The third kappa shape index (κ3) is 3.42. The lowest BCUT2D eigenvalue weighted by molar-refractivity contribution is 0.711. The lowest BCUT2D eigenvalue weighted by atomic mass is 9.74. The second kappa shape index (κ2) is 7.70. The zero-order valence-corrected chi connectivity index (χ0v) is 17.8. The topological polar surface area (TPSA) is 64.8 Å². The number of H-pyrrole nitrogens is 1. The van der Waals surface area contributed by atoms with Gasteiger partial charge in [0.2, 0.25) is 0 Å². The minimum Gasteiger partial charge on any atom is -0.360 e. The fourth-order valence-electron chi connectivity index (χ4n) is 4.02. The second-order valence-electron chi connectivity index (χ2n) is 7.44. The van der Waals surface area contributed by atoms with Gasteiger partial charge in [0.25, 0.3) is 0 Å². The molecule has 1 atom stereocenters. The van der Waals surface area contributed by atoms with Gasteiger partial charge in [-0.1, -0.05) is 53.5 Å². The molecule has 31 heavy (non-hydrogen) atoms. The summed E-state index contributed by atoms with van der Waals surface area (Å²) in [5.74, 6) is 0. The van der Waals surface area contributed by atoms with Gasteiger partial charge in [0.1, 0.15) is 5.41 Å². The Morgan fingerprint density at radius 2 is 1.87 bits per heavy atom. The Bertz CT molecular complexity index is 1400. The maximum absolute atomic E-state index is 10.4. The summed E-state index contributed by atoms with van der Waals surface area (Å²) < 4.78 is 0. The van der Waals surface area contributed by atoms with Gasteiger partial charge in [0.05, 0.1) is 23.2 Å². The average molecular weight is 443 g/mol. The van der Waals surface area contributed by atoms with E-state index in [4.69, 9.17) is 28.2 Å². The van der Waals surface area contributed by atoms with E-state index >= 15 is 0 Å². The van der Waals surface area contributed by atoms with Gasteiger partial charge in [-0.3, -0.25) is 9.98 Å². The molecule has 1 unspecified atom stereocenters. The van der Waals surface area contributed by atoms with Gasteiger partial charge in [0.15, 0.2) is 0 Å². The van der Waals surface area contributed by atoms with E-state index in [1.165, 1.54) is 0 Å². The Balaban J connectivity index is 1.76. The number of fused-ring (bicyclic) bond motifs is 1. The summed E-state index contributed by atoms with van der Waals surface area (Å²) in [6.45, 7) is 0. The fourth-order valence-corrected chi connectivity index (χ4v) is 4.60. The number of benzene rings is 2.